The van der Waals surface area contributed by atoms with Crippen molar-refractivity contribution >= 4 is 0 Å². The van der Waals surface area contributed by atoms with Crippen LogP contribution in [0.15, 0.2) is 24.3 Å². The molecule has 90 valence electrons. The highest BCUT2D eigenvalue weighted by Crippen LogP contribution is 2.36. The number of hydrogen-bond acceptors (Lipinski definition) is 1. The van der Waals surface area contributed by atoms with Crippen molar-refractivity contribution in [3.63, 3.8) is 0 Å². The third kappa shape index (κ3) is 3.64. The molecule has 0 amide bonds. The number of rotatable bonds is 3. The third-order valence-corrected chi connectivity index (χ3v) is 2.89. The van der Waals surface area contributed by atoms with Gasteiger partial charge in [-0.25, -0.2) is 0 Å². The van der Waals surface area contributed by atoms with Gasteiger partial charge in [-0.3, -0.25) is 0 Å². The van der Waals surface area contributed by atoms with Crippen LogP contribution in [0.25, 0.3) is 0 Å². The molecule has 1 N–H and O–H groups in total. The van der Waals surface area contributed by atoms with Crippen molar-refractivity contribution in [3.05, 3.63) is 35.4 Å². The lowest BCUT2D eigenvalue weighted by Crippen LogP contribution is -2.24. The van der Waals surface area contributed by atoms with Crippen LogP contribution in [0.2, 0.25) is 0 Å². The average molecular weight is 220 g/mol. The van der Waals surface area contributed by atoms with Crippen LogP contribution in [0.1, 0.15) is 52.2 Å². The summed E-state index contributed by atoms with van der Waals surface area (Å²) in [6.45, 7) is 11.5. The summed E-state index contributed by atoms with van der Waals surface area (Å²) in [6, 6.07) is 8.30. The highest BCUT2D eigenvalue weighted by atomic mass is 16.3. The first-order valence-corrected chi connectivity index (χ1v) is 5.95. The molecule has 0 heterocycles. The smallest absolute Gasteiger partial charge is 0.0681 e. The van der Waals surface area contributed by atoms with Crippen LogP contribution in [0.4, 0.5) is 0 Å². The molecule has 1 rings (SSSR count). The molecule has 0 saturated carbocycles. The lowest BCUT2D eigenvalue weighted by molar-refractivity contribution is 0.279. The van der Waals surface area contributed by atoms with Gasteiger partial charge in [-0.2, -0.15) is 0 Å². The zero-order valence-corrected chi connectivity index (χ0v) is 11.2. The Bertz CT molecular complexity index is 327. The number of aliphatic hydroxyl groups is 1. The summed E-state index contributed by atoms with van der Waals surface area (Å²) >= 11 is 0. The van der Waals surface area contributed by atoms with Crippen molar-refractivity contribution < 1.29 is 5.11 Å². The molecule has 0 aromatic heterocycles. The molecule has 1 heteroatoms. The number of aliphatic hydroxyl groups excluding tert-OH is 1. The maximum Gasteiger partial charge on any atom is 0.0681 e. The Kier molecular flexibility index (Phi) is 3.80. The second-order valence-electron chi connectivity index (χ2n) is 6.48. The van der Waals surface area contributed by atoms with E-state index >= 15 is 0 Å². The van der Waals surface area contributed by atoms with E-state index in [1.807, 2.05) is 12.1 Å². The Morgan fingerprint density at radius 2 is 1.44 bits per heavy atom. The predicted octanol–water partition coefficient (Wildman–Crippen LogP) is 3.89. The summed E-state index contributed by atoms with van der Waals surface area (Å²) in [5.41, 5.74) is 2.85. The highest BCUT2D eigenvalue weighted by Gasteiger charge is 2.26. The highest BCUT2D eigenvalue weighted by molar-refractivity contribution is 5.28. The summed E-state index contributed by atoms with van der Waals surface area (Å²) in [5.74, 6) is 0. The van der Waals surface area contributed by atoms with Gasteiger partial charge in [-0.1, -0.05) is 58.9 Å². The van der Waals surface area contributed by atoms with Gasteiger partial charge in [0.15, 0.2) is 0 Å². The van der Waals surface area contributed by atoms with Crippen molar-refractivity contribution in [2.24, 2.45) is 5.41 Å². The van der Waals surface area contributed by atoms with Crippen molar-refractivity contribution in [1.29, 1.82) is 0 Å². The van der Waals surface area contributed by atoms with E-state index in [1.165, 1.54) is 5.56 Å². The molecule has 0 aliphatic rings. The predicted molar refractivity (Wildman–Crippen MR) is 69.5 cm³/mol. The first kappa shape index (κ1) is 13.2. The Labute approximate surface area is 99.5 Å². The third-order valence-electron chi connectivity index (χ3n) is 2.89. The topological polar surface area (TPSA) is 20.2 Å². The van der Waals surface area contributed by atoms with Gasteiger partial charge in [0.25, 0.3) is 0 Å². The molecule has 1 nitrogen and oxygen atoms in total. The molecule has 1 aromatic carbocycles. The SMILES string of the molecule is CC(C)(C)CC(C)(C)c1ccc(CO)cc1. The minimum atomic E-state index is 0.125. The Hall–Kier alpha value is -0.820. The molecule has 16 heavy (non-hydrogen) atoms. The van der Waals surface area contributed by atoms with Crippen molar-refractivity contribution in [2.45, 2.75) is 53.1 Å². The lowest BCUT2D eigenvalue weighted by Gasteiger charge is -2.33. The van der Waals surface area contributed by atoms with Crippen LogP contribution in [-0.4, -0.2) is 5.11 Å². The van der Waals surface area contributed by atoms with Crippen molar-refractivity contribution in [2.75, 3.05) is 0 Å². The number of benzene rings is 1. The van der Waals surface area contributed by atoms with E-state index in [0.29, 0.717) is 5.41 Å². The van der Waals surface area contributed by atoms with Gasteiger partial charge in [0.2, 0.25) is 0 Å². The summed E-state index contributed by atoms with van der Waals surface area (Å²) in [4.78, 5) is 0. The van der Waals surface area contributed by atoms with Crippen LogP contribution < -0.4 is 0 Å². The summed E-state index contributed by atoms with van der Waals surface area (Å²) in [6.07, 6.45) is 1.15. The van der Waals surface area contributed by atoms with Crippen LogP contribution in [0, 0.1) is 5.41 Å². The standard InChI is InChI=1S/C15H24O/c1-14(2,3)11-15(4,5)13-8-6-12(10-16)7-9-13/h6-9,16H,10-11H2,1-5H3. The molecule has 1 aromatic rings. The lowest BCUT2D eigenvalue weighted by atomic mass is 9.72. The monoisotopic (exact) mass is 220 g/mol. The first-order chi connectivity index (χ1) is 7.24. The van der Waals surface area contributed by atoms with Gasteiger partial charge in [0.1, 0.15) is 0 Å². The molecule has 0 spiro atoms. The van der Waals surface area contributed by atoms with Gasteiger partial charge in [0.05, 0.1) is 6.61 Å². The fourth-order valence-corrected chi connectivity index (χ4v) is 2.49. The van der Waals surface area contributed by atoms with Crippen molar-refractivity contribution in [3.8, 4) is 0 Å². The first-order valence-electron chi connectivity index (χ1n) is 5.95. The molecule has 0 aliphatic heterocycles. The molecular formula is C15H24O. The minimum Gasteiger partial charge on any atom is -0.392 e. The van der Waals surface area contributed by atoms with Gasteiger partial charge in [-0.05, 0) is 28.4 Å². The van der Waals surface area contributed by atoms with E-state index in [1.54, 1.807) is 0 Å². The van der Waals surface area contributed by atoms with Crippen LogP contribution >= 0.6 is 0 Å². The number of hydrogen-bond donors (Lipinski definition) is 1. The van der Waals surface area contributed by atoms with Crippen LogP contribution in [0.5, 0.6) is 0 Å². The van der Waals surface area contributed by atoms with E-state index < -0.39 is 0 Å². The normalized spacial score (nSPS) is 12.9. The molecule has 0 atom stereocenters. The van der Waals surface area contributed by atoms with E-state index in [9.17, 15) is 0 Å². The van der Waals surface area contributed by atoms with E-state index in [2.05, 4.69) is 46.8 Å². The Balaban J connectivity index is 2.89. The fraction of sp³-hybridized carbons (Fsp3) is 0.600. The Morgan fingerprint density at radius 3 is 1.81 bits per heavy atom. The maximum absolute atomic E-state index is 9.02. The molecule has 0 unspecified atom stereocenters. The average Bonchev–Trinajstić information content (AvgIpc) is 2.14. The molecule has 0 bridgehead atoms. The summed E-state index contributed by atoms with van der Waals surface area (Å²) in [7, 11) is 0. The van der Waals surface area contributed by atoms with Gasteiger partial charge >= 0.3 is 0 Å². The quantitative estimate of drug-likeness (QED) is 0.819. The molecule has 0 fully saturated rings. The molecule has 0 aliphatic carbocycles. The van der Waals surface area contributed by atoms with Gasteiger partial charge in [-0.15, -0.1) is 0 Å². The van der Waals surface area contributed by atoms with Crippen molar-refractivity contribution in [1.82, 2.24) is 0 Å². The molecule has 0 radical (unpaired) electrons. The van der Waals surface area contributed by atoms with Crippen LogP contribution in [-0.2, 0) is 12.0 Å². The second-order valence-corrected chi connectivity index (χ2v) is 6.48. The van der Waals surface area contributed by atoms with Gasteiger partial charge < -0.3 is 5.11 Å². The molecular weight excluding hydrogens is 196 g/mol. The zero-order valence-electron chi connectivity index (χ0n) is 11.2. The van der Waals surface area contributed by atoms with E-state index in [-0.39, 0.29) is 12.0 Å². The largest absolute Gasteiger partial charge is 0.392 e. The second kappa shape index (κ2) is 4.58. The van der Waals surface area contributed by atoms with Crippen LogP contribution in [0.3, 0.4) is 0 Å². The maximum atomic E-state index is 9.02. The fourth-order valence-electron chi connectivity index (χ4n) is 2.49. The Morgan fingerprint density at radius 1 is 0.938 bits per heavy atom. The molecule has 0 saturated heterocycles. The van der Waals surface area contributed by atoms with Gasteiger partial charge in [0, 0.05) is 0 Å². The summed E-state index contributed by atoms with van der Waals surface area (Å²) in [5, 5.41) is 9.02. The zero-order chi connectivity index (χ0) is 12.4. The minimum absolute atomic E-state index is 0.125. The van der Waals surface area contributed by atoms with E-state index in [4.69, 9.17) is 5.11 Å². The summed E-state index contributed by atoms with van der Waals surface area (Å²) < 4.78 is 0. The van der Waals surface area contributed by atoms with E-state index in [0.717, 1.165) is 12.0 Å².